The molecule has 1 aromatic heterocycles. The third-order valence-electron chi connectivity index (χ3n) is 2.65. The number of rotatable bonds is 4. The van der Waals surface area contributed by atoms with Crippen LogP contribution in [0.5, 0.6) is 0 Å². The van der Waals surface area contributed by atoms with Crippen LogP contribution in [0.25, 0.3) is 0 Å². The summed E-state index contributed by atoms with van der Waals surface area (Å²) < 4.78 is 0. The van der Waals surface area contributed by atoms with E-state index in [0.717, 1.165) is 11.4 Å². The summed E-state index contributed by atoms with van der Waals surface area (Å²) >= 11 is 1.55. The van der Waals surface area contributed by atoms with Gasteiger partial charge in [0.15, 0.2) is 5.78 Å². The van der Waals surface area contributed by atoms with E-state index in [9.17, 15) is 4.79 Å². The molecule has 2 nitrogen and oxygen atoms in total. The van der Waals surface area contributed by atoms with Crippen LogP contribution in [0.3, 0.4) is 0 Å². The highest BCUT2D eigenvalue weighted by Crippen LogP contribution is 2.13. The Balaban J connectivity index is 0.00000112. The van der Waals surface area contributed by atoms with Crippen LogP contribution < -0.4 is 0 Å². The molecule has 0 saturated carbocycles. The summed E-state index contributed by atoms with van der Waals surface area (Å²) in [5.41, 5.74) is 0. The molecule has 4 heteroatoms. The molecule has 2 rings (SSSR count). The molecule has 1 saturated heterocycles. The topological polar surface area (TPSA) is 20.3 Å². The summed E-state index contributed by atoms with van der Waals surface area (Å²) in [6.45, 7) is 3.30. The first-order valence-corrected chi connectivity index (χ1v) is 6.03. The highest BCUT2D eigenvalue weighted by atomic mass is 35.5. The number of ketones is 1. The lowest BCUT2D eigenvalue weighted by Crippen LogP contribution is -2.22. The first kappa shape index (κ1) is 12.7. The van der Waals surface area contributed by atoms with Crippen LogP contribution in [0.15, 0.2) is 17.5 Å². The van der Waals surface area contributed by atoms with Crippen molar-refractivity contribution in [2.75, 3.05) is 19.6 Å². The summed E-state index contributed by atoms with van der Waals surface area (Å²) in [7, 11) is 0. The summed E-state index contributed by atoms with van der Waals surface area (Å²) in [5, 5.41) is 1.96. The molecule has 0 aliphatic carbocycles. The summed E-state index contributed by atoms with van der Waals surface area (Å²) in [5.74, 6) is 0.298. The van der Waals surface area contributed by atoms with E-state index in [0.29, 0.717) is 12.2 Å². The van der Waals surface area contributed by atoms with Crippen LogP contribution in [0.2, 0.25) is 0 Å². The molecule has 0 amide bonds. The van der Waals surface area contributed by atoms with Gasteiger partial charge in [-0.25, -0.2) is 0 Å². The summed E-state index contributed by atoms with van der Waals surface area (Å²) in [4.78, 5) is 14.9. The number of hydrogen-bond acceptors (Lipinski definition) is 3. The molecule has 0 N–H and O–H groups in total. The smallest absolute Gasteiger partial charge is 0.174 e. The molecule has 15 heavy (non-hydrogen) atoms. The van der Waals surface area contributed by atoms with E-state index < -0.39 is 0 Å². The zero-order valence-electron chi connectivity index (χ0n) is 8.65. The van der Waals surface area contributed by atoms with Gasteiger partial charge in [0.05, 0.1) is 4.88 Å². The van der Waals surface area contributed by atoms with Gasteiger partial charge in [-0.15, -0.1) is 23.7 Å². The molecule has 0 unspecified atom stereocenters. The van der Waals surface area contributed by atoms with Crippen LogP contribution in [-0.2, 0) is 0 Å². The Morgan fingerprint density at radius 1 is 1.40 bits per heavy atom. The van der Waals surface area contributed by atoms with Gasteiger partial charge < -0.3 is 4.90 Å². The number of Topliss-reactive ketones (excluding diaryl/α,β-unsaturated/α-hetero) is 1. The minimum Gasteiger partial charge on any atom is -0.303 e. The molecule has 0 radical (unpaired) electrons. The van der Waals surface area contributed by atoms with E-state index in [1.165, 1.54) is 25.9 Å². The number of nitrogens with zero attached hydrogens (tertiary/aromatic N) is 1. The van der Waals surface area contributed by atoms with E-state index in [-0.39, 0.29) is 12.4 Å². The van der Waals surface area contributed by atoms with E-state index in [1.807, 2.05) is 17.5 Å². The third kappa shape index (κ3) is 3.59. The maximum Gasteiger partial charge on any atom is 0.174 e. The second kappa shape index (κ2) is 6.26. The van der Waals surface area contributed by atoms with Gasteiger partial charge in [-0.3, -0.25) is 4.79 Å². The Morgan fingerprint density at radius 3 is 2.73 bits per heavy atom. The fourth-order valence-electron chi connectivity index (χ4n) is 1.83. The van der Waals surface area contributed by atoms with Crippen molar-refractivity contribution in [3.05, 3.63) is 22.4 Å². The number of hydrogen-bond donors (Lipinski definition) is 0. The lowest BCUT2D eigenvalue weighted by molar-refractivity contribution is 0.0973. The summed E-state index contributed by atoms with van der Waals surface area (Å²) in [6, 6.07) is 3.85. The van der Waals surface area contributed by atoms with Gasteiger partial charge in [-0.1, -0.05) is 6.07 Å². The Kier molecular flexibility index (Phi) is 5.29. The predicted octanol–water partition coefficient (Wildman–Crippen LogP) is 2.84. The molecule has 1 aliphatic rings. The SMILES string of the molecule is Cl.O=C(CCN1CCCC1)c1cccs1. The van der Waals surface area contributed by atoms with E-state index in [4.69, 9.17) is 0 Å². The lowest BCUT2D eigenvalue weighted by Gasteiger charge is -2.12. The van der Waals surface area contributed by atoms with E-state index >= 15 is 0 Å². The van der Waals surface area contributed by atoms with Crippen molar-refractivity contribution in [2.24, 2.45) is 0 Å². The molecule has 1 aromatic rings. The molecular weight excluding hydrogens is 230 g/mol. The maximum atomic E-state index is 11.6. The number of carbonyl (C=O) groups excluding carboxylic acids is 1. The van der Waals surface area contributed by atoms with Crippen molar-refractivity contribution in [3.8, 4) is 0 Å². The largest absolute Gasteiger partial charge is 0.303 e. The fourth-order valence-corrected chi connectivity index (χ4v) is 2.52. The second-order valence-corrected chi connectivity index (χ2v) is 4.65. The van der Waals surface area contributed by atoms with Gasteiger partial charge >= 0.3 is 0 Å². The molecule has 0 atom stereocenters. The van der Waals surface area contributed by atoms with Gasteiger partial charge in [0, 0.05) is 13.0 Å². The lowest BCUT2D eigenvalue weighted by atomic mass is 10.2. The normalized spacial score (nSPS) is 16.3. The Labute approximate surface area is 101 Å². The first-order valence-electron chi connectivity index (χ1n) is 5.15. The second-order valence-electron chi connectivity index (χ2n) is 3.70. The Morgan fingerprint density at radius 2 is 2.13 bits per heavy atom. The number of halogens is 1. The van der Waals surface area contributed by atoms with Crippen LogP contribution >= 0.6 is 23.7 Å². The minimum absolute atomic E-state index is 0. The molecule has 0 spiro atoms. The van der Waals surface area contributed by atoms with Crippen molar-refractivity contribution in [2.45, 2.75) is 19.3 Å². The van der Waals surface area contributed by atoms with Crippen molar-refractivity contribution >= 4 is 29.5 Å². The average Bonchev–Trinajstić information content (AvgIpc) is 2.87. The van der Waals surface area contributed by atoms with Crippen LogP contribution in [0.4, 0.5) is 0 Å². The zero-order valence-corrected chi connectivity index (χ0v) is 10.3. The molecule has 2 heterocycles. The molecular formula is C11H16ClNOS. The van der Waals surface area contributed by atoms with E-state index in [2.05, 4.69) is 4.90 Å². The Hall–Kier alpha value is -0.380. The molecule has 1 aliphatic heterocycles. The van der Waals surface area contributed by atoms with Crippen LogP contribution in [0.1, 0.15) is 28.9 Å². The quantitative estimate of drug-likeness (QED) is 0.761. The zero-order chi connectivity index (χ0) is 9.80. The first-order chi connectivity index (χ1) is 6.86. The Bertz CT molecular complexity index is 294. The van der Waals surface area contributed by atoms with Crippen LogP contribution in [0, 0.1) is 0 Å². The minimum atomic E-state index is 0. The molecule has 84 valence electrons. The molecule has 0 bridgehead atoms. The number of likely N-dealkylation sites (tertiary alicyclic amines) is 1. The van der Waals surface area contributed by atoms with Crippen molar-refractivity contribution < 1.29 is 4.79 Å². The number of carbonyl (C=O) groups is 1. The van der Waals surface area contributed by atoms with Crippen molar-refractivity contribution in [3.63, 3.8) is 0 Å². The van der Waals surface area contributed by atoms with Crippen molar-refractivity contribution in [1.29, 1.82) is 0 Å². The third-order valence-corrected chi connectivity index (χ3v) is 3.56. The van der Waals surface area contributed by atoms with Crippen LogP contribution in [-0.4, -0.2) is 30.3 Å². The highest BCUT2D eigenvalue weighted by Gasteiger charge is 2.13. The monoisotopic (exact) mass is 245 g/mol. The van der Waals surface area contributed by atoms with Gasteiger partial charge in [-0.05, 0) is 37.4 Å². The van der Waals surface area contributed by atoms with Gasteiger partial charge in [-0.2, -0.15) is 0 Å². The molecule has 0 aromatic carbocycles. The predicted molar refractivity (Wildman–Crippen MR) is 66.2 cm³/mol. The fraction of sp³-hybridized carbons (Fsp3) is 0.545. The van der Waals surface area contributed by atoms with Gasteiger partial charge in [0.2, 0.25) is 0 Å². The molecule has 1 fully saturated rings. The average molecular weight is 246 g/mol. The summed E-state index contributed by atoms with van der Waals surface area (Å²) in [6.07, 6.45) is 3.28. The maximum absolute atomic E-state index is 11.6. The van der Waals surface area contributed by atoms with Gasteiger partial charge in [0.25, 0.3) is 0 Å². The van der Waals surface area contributed by atoms with Gasteiger partial charge in [0.1, 0.15) is 0 Å². The highest BCUT2D eigenvalue weighted by molar-refractivity contribution is 7.12. The standard InChI is InChI=1S/C11H15NOS.ClH/c13-10(11-4-3-9-14-11)5-8-12-6-1-2-7-12;/h3-4,9H,1-2,5-8H2;1H. The number of thiophene rings is 1. The van der Waals surface area contributed by atoms with Crippen molar-refractivity contribution in [1.82, 2.24) is 4.90 Å². The van der Waals surface area contributed by atoms with E-state index in [1.54, 1.807) is 11.3 Å².